The van der Waals surface area contributed by atoms with Crippen molar-refractivity contribution in [2.24, 2.45) is 0 Å². The van der Waals surface area contributed by atoms with Crippen molar-refractivity contribution in [1.82, 2.24) is 9.21 Å². The second-order valence-corrected chi connectivity index (χ2v) is 7.76. The van der Waals surface area contributed by atoms with E-state index >= 15 is 0 Å². The average Bonchev–Trinajstić information content (AvgIpc) is 2.74. The van der Waals surface area contributed by atoms with Gasteiger partial charge in [0.25, 0.3) is 0 Å². The van der Waals surface area contributed by atoms with Crippen LogP contribution in [0.15, 0.2) is 40.4 Å². The van der Waals surface area contributed by atoms with E-state index in [1.807, 2.05) is 0 Å². The molecule has 0 aliphatic carbocycles. The molecule has 29 heavy (non-hydrogen) atoms. The van der Waals surface area contributed by atoms with Crippen LogP contribution >= 0.6 is 0 Å². The molecular formula is C18H18N6O4S. The van der Waals surface area contributed by atoms with Crippen LogP contribution in [0.1, 0.15) is 6.92 Å². The molecule has 1 saturated heterocycles. The van der Waals surface area contributed by atoms with Crippen molar-refractivity contribution in [3.63, 3.8) is 0 Å². The highest BCUT2D eigenvalue weighted by molar-refractivity contribution is 7.89. The Morgan fingerprint density at radius 3 is 2.14 bits per heavy atom. The molecule has 0 atom stereocenters. The molecule has 1 aromatic carbocycles. The standard InChI is InChI=1S/C18H18N6O4S/c1-2-28-18(25)23-7-9-24(10-8-23)29(26,27)16-5-3-15(4-6-16)22-17(13-21)14(11-19)12-20/h3-6,22H,2,7-10H2,1H3. The zero-order chi connectivity index (χ0) is 21.4. The van der Waals surface area contributed by atoms with Crippen molar-refractivity contribution in [1.29, 1.82) is 15.8 Å². The number of sulfonamides is 1. The summed E-state index contributed by atoms with van der Waals surface area (Å²) in [5.41, 5.74) is -0.236. The summed E-state index contributed by atoms with van der Waals surface area (Å²) in [6, 6.07) is 10.6. The number of piperazine rings is 1. The molecule has 1 aromatic rings. The van der Waals surface area contributed by atoms with E-state index in [1.165, 1.54) is 33.5 Å². The third-order valence-electron chi connectivity index (χ3n) is 4.11. The molecule has 0 radical (unpaired) electrons. The fourth-order valence-electron chi connectivity index (χ4n) is 2.61. The Hall–Kier alpha value is -3.59. The quantitative estimate of drug-likeness (QED) is 0.710. The number of carbonyl (C=O) groups excluding carboxylic acids is 1. The van der Waals surface area contributed by atoms with Crippen LogP contribution in [0.2, 0.25) is 0 Å². The van der Waals surface area contributed by atoms with Crippen molar-refractivity contribution in [2.75, 3.05) is 38.1 Å². The number of rotatable bonds is 5. The number of ether oxygens (including phenoxy) is 1. The average molecular weight is 414 g/mol. The second-order valence-electron chi connectivity index (χ2n) is 5.82. The van der Waals surface area contributed by atoms with E-state index in [9.17, 15) is 13.2 Å². The van der Waals surface area contributed by atoms with Crippen LogP contribution in [-0.2, 0) is 14.8 Å². The summed E-state index contributed by atoms with van der Waals surface area (Å²) in [5, 5.41) is 29.4. The van der Waals surface area contributed by atoms with Gasteiger partial charge in [0.05, 0.1) is 11.5 Å². The maximum Gasteiger partial charge on any atom is 0.409 e. The fourth-order valence-corrected chi connectivity index (χ4v) is 4.03. The highest BCUT2D eigenvalue weighted by Crippen LogP contribution is 2.21. The lowest BCUT2D eigenvalue weighted by Crippen LogP contribution is -2.50. The summed E-state index contributed by atoms with van der Waals surface area (Å²) in [6.07, 6.45) is -0.463. The van der Waals surface area contributed by atoms with Crippen molar-refractivity contribution in [3.8, 4) is 18.2 Å². The van der Waals surface area contributed by atoms with E-state index in [2.05, 4.69) is 5.32 Å². The zero-order valence-corrected chi connectivity index (χ0v) is 16.4. The first-order valence-electron chi connectivity index (χ1n) is 8.60. The number of anilines is 1. The first kappa shape index (κ1) is 21.7. The van der Waals surface area contributed by atoms with E-state index in [-0.39, 0.29) is 49.0 Å². The molecule has 0 aromatic heterocycles. The van der Waals surface area contributed by atoms with E-state index < -0.39 is 16.1 Å². The van der Waals surface area contributed by atoms with Gasteiger partial charge >= 0.3 is 6.09 Å². The van der Waals surface area contributed by atoms with Gasteiger partial charge < -0.3 is 15.0 Å². The molecule has 11 heteroatoms. The highest BCUT2D eigenvalue weighted by Gasteiger charge is 2.30. The molecule has 0 bridgehead atoms. The molecule has 0 saturated carbocycles. The van der Waals surface area contributed by atoms with Crippen molar-refractivity contribution in [2.45, 2.75) is 11.8 Å². The van der Waals surface area contributed by atoms with Crippen molar-refractivity contribution >= 4 is 21.8 Å². The lowest BCUT2D eigenvalue weighted by molar-refractivity contribution is 0.0934. The van der Waals surface area contributed by atoms with Crippen LogP contribution in [0.5, 0.6) is 0 Å². The molecule has 1 aliphatic heterocycles. The van der Waals surface area contributed by atoms with Gasteiger partial charge in [-0.05, 0) is 31.2 Å². The van der Waals surface area contributed by atoms with Crippen LogP contribution in [-0.4, -0.2) is 56.5 Å². The van der Waals surface area contributed by atoms with Gasteiger partial charge in [0, 0.05) is 31.9 Å². The number of hydrogen-bond acceptors (Lipinski definition) is 8. The maximum atomic E-state index is 12.8. The molecule has 0 unspecified atom stereocenters. The van der Waals surface area contributed by atoms with Gasteiger partial charge in [-0.3, -0.25) is 0 Å². The number of benzene rings is 1. The van der Waals surface area contributed by atoms with Gasteiger partial charge in [0.1, 0.15) is 23.9 Å². The highest BCUT2D eigenvalue weighted by atomic mass is 32.2. The van der Waals surface area contributed by atoms with E-state index in [0.717, 1.165) is 0 Å². The van der Waals surface area contributed by atoms with E-state index in [4.69, 9.17) is 20.5 Å². The van der Waals surface area contributed by atoms with E-state index in [0.29, 0.717) is 5.69 Å². The molecule has 1 aliphatic rings. The predicted octanol–water partition coefficient (Wildman–Crippen LogP) is 1.39. The minimum Gasteiger partial charge on any atom is -0.450 e. The van der Waals surface area contributed by atoms with Gasteiger partial charge in [0.15, 0.2) is 5.57 Å². The minimum absolute atomic E-state index is 0.0518. The van der Waals surface area contributed by atoms with Crippen molar-refractivity contribution < 1.29 is 17.9 Å². The fraction of sp³-hybridized carbons (Fsp3) is 0.333. The smallest absolute Gasteiger partial charge is 0.409 e. The Labute approximate surface area is 168 Å². The Balaban J connectivity index is 2.11. The largest absolute Gasteiger partial charge is 0.450 e. The molecule has 10 nitrogen and oxygen atoms in total. The summed E-state index contributed by atoms with van der Waals surface area (Å²) < 4.78 is 31.8. The molecule has 1 fully saturated rings. The normalized spacial score (nSPS) is 14.1. The van der Waals surface area contributed by atoms with Crippen LogP contribution < -0.4 is 5.32 Å². The Bertz CT molecular complexity index is 1000. The number of nitriles is 3. The lowest BCUT2D eigenvalue weighted by Gasteiger charge is -2.33. The molecule has 2 rings (SSSR count). The third kappa shape index (κ3) is 5.02. The minimum atomic E-state index is -3.75. The Morgan fingerprint density at radius 2 is 1.66 bits per heavy atom. The second kappa shape index (κ2) is 9.56. The van der Waals surface area contributed by atoms with E-state index in [1.54, 1.807) is 25.1 Å². The number of hydrogen-bond donors (Lipinski definition) is 1. The Morgan fingerprint density at radius 1 is 1.07 bits per heavy atom. The summed E-state index contributed by atoms with van der Waals surface area (Å²) in [7, 11) is -3.75. The number of nitrogens with zero attached hydrogens (tertiary/aromatic N) is 5. The summed E-state index contributed by atoms with van der Waals surface area (Å²) in [4.78, 5) is 13.2. The maximum absolute atomic E-state index is 12.8. The van der Waals surface area contributed by atoms with Crippen molar-refractivity contribution in [3.05, 3.63) is 35.5 Å². The molecule has 1 N–H and O–H groups in total. The molecule has 0 spiro atoms. The lowest BCUT2D eigenvalue weighted by atomic mass is 10.2. The first-order valence-corrected chi connectivity index (χ1v) is 10.0. The topological polar surface area (TPSA) is 150 Å². The number of nitrogens with one attached hydrogen (secondary N) is 1. The van der Waals surface area contributed by atoms with Crippen LogP contribution in [0.25, 0.3) is 0 Å². The van der Waals surface area contributed by atoms with Gasteiger partial charge in [-0.1, -0.05) is 0 Å². The van der Waals surface area contributed by atoms with Crippen LogP contribution in [0.4, 0.5) is 10.5 Å². The van der Waals surface area contributed by atoms with Crippen LogP contribution in [0, 0.1) is 34.0 Å². The van der Waals surface area contributed by atoms with Gasteiger partial charge in [-0.2, -0.15) is 20.1 Å². The molecular weight excluding hydrogens is 396 g/mol. The monoisotopic (exact) mass is 414 g/mol. The van der Waals surface area contributed by atoms with Gasteiger partial charge in [-0.25, -0.2) is 13.2 Å². The first-order chi connectivity index (χ1) is 13.9. The SMILES string of the molecule is CCOC(=O)N1CCN(S(=O)(=O)c2ccc(NC(C#N)=C(C#N)C#N)cc2)CC1. The summed E-state index contributed by atoms with van der Waals surface area (Å²) in [5.74, 6) is 0. The predicted molar refractivity (Wildman–Crippen MR) is 101 cm³/mol. The molecule has 150 valence electrons. The molecule has 1 amide bonds. The van der Waals surface area contributed by atoms with Crippen LogP contribution in [0.3, 0.4) is 0 Å². The van der Waals surface area contributed by atoms with Gasteiger partial charge in [0.2, 0.25) is 10.0 Å². The number of carbonyl (C=O) groups is 1. The third-order valence-corrected chi connectivity index (χ3v) is 6.02. The van der Waals surface area contributed by atoms with Gasteiger partial charge in [-0.15, -0.1) is 0 Å². The zero-order valence-electron chi connectivity index (χ0n) is 15.6. The molecule has 1 heterocycles. The summed E-state index contributed by atoms with van der Waals surface area (Å²) in [6.45, 7) is 2.73. The number of amides is 1. The summed E-state index contributed by atoms with van der Waals surface area (Å²) >= 11 is 0. The number of allylic oxidation sites excluding steroid dienone is 2. The Kier molecular flexibility index (Phi) is 7.15.